The molecule has 0 saturated carbocycles. The van der Waals surface area contributed by atoms with E-state index in [1.54, 1.807) is 29.8 Å². The van der Waals surface area contributed by atoms with Crippen molar-refractivity contribution >= 4 is 23.2 Å². The maximum Gasteiger partial charge on any atom is 0.336 e. The molecule has 1 N–H and O–H groups in total. The van der Waals surface area contributed by atoms with Crippen LogP contribution < -0.4 is 0 Å². The lowest BCUT2D eigenvalue weighted by Gasteiger charge is -1.99. The van der Waals surface area contributed by atoms with Crippen molar-refractivity contribution in [2.45, 2.75) is 0 Å². The highest BCUT2D eigenvalue weighted by Gasteiger charge is 2.12. The van der Waals surface area contributed by atoms with E-state index in [4.69, 9.17) is 5.11 Å². The van der Waals surface area contributed by atoms with Gasteiger partial charge in [-0.15, -0.1) is 0 Å². The van der Waals surface area contributed by atoms with Crippen LogP contribution in [-0.2, 0) is 7.05 Å². The molecule has 0 bridgehead atoms. The largest absolute Gasteiger partial charge is 0.478 e. The number of carboxylic acids is 1. The van der Waals surface area contributed by atoms with E-state index in [0.717, 1.165) is 5.52 Å². The average Bonchev–Trinajstić information content (AvgIpc) is 2.55. The molecule has 1 heterocycles. The molecule has 0 aliphatic carbocycles. The van der Waals surface area contributed by atoms with Crippen LogP contribution in [-0.4, -0.2) is 21.9 Å². The topological polar surface area (TPSA) is 59.3 Å². The summed E-state index contributed by atoms with van der Waals surface area (Å²) < 4.78 is 1.68. The third-order valence-corrected chi connectivity index (χ3v) is 2.48. The van der Waals surface area contributed by atoms with Gasteiger partial charge in [0.05, 0.1) is 11.3 Å². The molecule has 1 aromatic heterocycles. The smallest absolute Gasteiger partial charge is 0.336 e. The first kappa shape index (κ1) is 9.45. The van der Waals surface area contributed by atoms with Crippen LogP contribution in [0.1, 0.15) is 20.8 Å². The number of carbonyl (C=O) groups is 2. The van der Waals surface area contributed by atoms with E-state index < -0.39 is 5.97 Å². The lowest BCUT2D eigenvalue weighted by atomic mass is 10.1. The monoisotopic (exact) mass is 203 g/mol. The molecule has 0 fully saturated rings. The number of aryl methyl sites for hydroxylation is 1. The molecule has 4 nitrogen and oxygen atoms in total. The molecule has 76 valence electrons. The number of aromatic carboxylic acids is 1. The fourth-order valence-electron chi connectivity index (χ4n) is 1.68. The standard InChI is InChI=1S/C11H9NO3/c1-12-7(6-13)5-9-8(11(14)15)3-2-4-10(9)12/h2-6H,1H3,(H,14,15). The highest BCUT2D eigenvalue weighted by atomic mass is 16.4. The van der Waals surface area contributed by atoms with Gasteiger partial charge in [0.25, 0.3) is 0 Å². The zero-order valence-corrected chi connectivity index (χ0v) is 8.10. The fourth-order valence-corrected chi connectivity index (χ4v) is 1.68. The number of nitrogens with zero attached hydrogens (tertiary/aromatic N) is 1. The van der Waals surface area contributed by atoms with Crippen LogP contribution in [0.3, 0.4) is 0 Å². The lowest BCUT2D eigenvalue weighted by molar-refractivity contribution is 0.0699. The van der Waals surface area contributed by atoms with Crippen molar-refractivity contribution in [2.75, 3.05) is 0 Å². The Morgan fingerprint density at radius 2 is 2.20 bits per heavy atom. The average molecular weight is 203 g/mol. The van der Waals surface area contributed by atoms with Gasteiger partial charge < -0.3 is 9.67 Å². The van der Waals surface area contributed by atoms with E-state index in [-0.39, 0.29) is 5.56 Å². The molecule has 4 heteroatoms. The molecule has 0 saturated heterocycles. The first-order valence-corrected chi connectivity index (χ1v) is 4.42. The van der Waals surface area contributed by atoms with E-state index in [9.17, 15) is 9.59 Å². The summed E-state index contributed by atoms with van der Waals surface area (Å²) in [5.41, 5.74) is 1.44. The van der Waals surface area contributed by atoms with E-state index in [1.807, 2.05) is 0 Å². The summed E-state index contributed by atoms with van der Waals surface area (Å²) in [6.07, 6.45) is 0.714. The molecule has 0 aliphatic rings. The van der Waals surface area contributed by atoms with Crippen molar-refractivity contribution in [3.05, 3.63) is 35.5 Å². The first-order chi connectivity index (χ1) is 7.15. The van der Waals surface area contributed by atoms with Crippen molar-refractivity contribution in [3.8, 4) is 0 Å². The number of benzene rings is 1. The number of carbonyl (C=O) groups excluding carboxylic acids is 1. The highest BCUT2D eigenvalue weighted by Crippen LogP contribution is 2.21. The van der Waals surface area contributed by atoms with Crippen LogP contribution in [0.15, 0.2) is 24.3 Å². The van der Waals surface area contributed by atoms with Gasteiger partial charge in [-0.3, -0.25) is 4.79 Å². The second-order valence-corrected chi connectivity index (χ2v) is 3.29. The van der Waals surface area contributed by atoms with Gasteiger partial charge in [0.2, 0.25) is 0 Å². The summed E-state index contributed by atoms with van der Waals surface area (Å²) in [6, 6.07) is 6.57. The number of hydrogen-bond acceptors (Lipinski definition) is 2. The number of rotatable bonds is 2. The van der Waals surface area contributed by atoms with Gasteiger partial charge in [0, 0.05) is 18.0 Å². The molecule has 15 heavy (non-hydrogen) atoms. The van der Waals surface area contributed by atoms with Gasteiger partial charge in [-0.25, -0.2) is 4.79 Å². The second-order valence-electron chi connectivity index (χ2n) is 3.29. The normalized spacial score (nSPS) is 10.5. The van der Waals surface area contributed by atoms with Crippen molar-refractivity contribution in [1.82, 2.24) is 4.57 Å². The Kier molecular flexibility index (Phi) is 2.04. The number of fused-ring (bicyclic) bond motifs is 1. The van der Waals surface area contributed by atoms with Crippen molar-refractivity contribution < 1.29 is 14.7 Å². The fraction of sp³-hybridized carbons (Fsp3) is 0.0909. The van der Waals surface area contributed by atoms with E-state index in [2.05, 4.69) is 0 Å². The quantitative estimate of drug-likeness (QED) is 0.755. The molecule has 0 atom stereocenters. The van der Waals surface area contributed by atoms with Gasteiger partial charge in [-0.2, -0.15) is 0 Å². The third-order valence-electron chi connectivity index (χ3n) is 2.48. The Hall–Kier alpha value is -2.10. The van der Waals surface area contributed by atoms with Crippen LogP contribution in [0.25, 0.3) is 10.9 Å². The molecule has 0 spiro atoms. The van der Waals surface area contributed by atoms with Gasteiger partial charge in [0.1, 0.15) is 0 Å². The van der Waals surface area contributed by atoms with Crippen molar-refractivity contribution in [2.24, 2.45) is 7.05 Å². The molecule has 0 radical (unpaired) electrons. The Morgan fingerprint density at radius 1 is 1.47 bits per heavy atom. The van der Waals surface area contributed by atoms with Crippen LogP contribution in [0.4, 0.5) is 0 Å². The van der Waals surface area contributed by atoms with Crippen LogP contribution in [0, 0.1) is 0 Å². The summed E-state index contributed by atoms with van der Waals surface area (Å²) >= 11 is 0. The lowest BCUT2D eigenvalue weighted by Crippen LogP contribution is -1.97. The summed E-state index contributed by atoms with van der Waals surface area (Å²) in [5, 5.41) is 9.55. The summed E-state index contributed by atoms with van der Waals surface area (Å²) in [5.74, 6) is -0.983. The zero-order chi connectivity index (χ0) is 11.0. The van der Waals surface area contributed by atoms with Gasteiger partial charge >= 0.3 is 5.97 Å². The summed E-state index contributed by atoms with van der Waals surface area (Å²) in [7, 11) is 1.73. The number of carboxylic acid groups (broad SMARTS) is 1. The minimum Gasteiger partial charge on any atom is -0.478 e. The van der Waals surface area contributed by atoms with Gasteiger partial charge in [0.15, 0.2) is 6.29 Å². The molecular formula is C11H9NO3. The summed E-state index contributed by atoms with van der Waals surface area (Å²) in [4.78, 5) is 21.6. The molecule has 0 unspecified atom stereocenters. The number of hydrogen-bond donors (Lipinski definition) is 1. The Morgan fingerprint density at radius 3 is 2.80 bits per heavy atom. The van der Waals surface area contributed by atoms with Crippen LogP contribution in [0.5, 0.6) is 0 Å². The van der Waals surface area contributed by atoms with Gasteiger partial charge in [-0.1, -0.05) is 6.07 Å². The maximum atomic E-state index is 10.9. The molecule has 0 aliphatic heterocycles. The van der Waals surface area contributed by atoms with Gasteiger partial charge in [-0.05, 0) is 18.2 Å². The summed E-state index contributed by atoms with van der Waals surface area (Å²) in [6.45, 7) is 0. The molecule has 1 aromatic carbocycles. The molecule has 0 amide bonds. The number of aldehydes is 1. The predicted octanol–water partition coefficient (Wildman–Crippen LogP) is 1.69. The Balaban J connectivity index is 2.87. The highest BCUT2D eigenvalue weighted by molar-refractivity contribution is 6.04. The Labute approximate surface area is 85.7 Å². The molecular weight excluding hydrogens is 194 g/mol. The van der Waals surface area contributed by atoms with E-state index >= 15 is 0 Å². The maximum absolute atomic E-state index is 10.9. The van der Waals surface area contributed by atoms with Crippen LogP contribution in [0.2, 0.25) is 0 Å². The number of aromatic nitrogens is 1. The van der Waals surface area contributed by atoms with Crippen molar-refractivity contribution in [1.29, 1.82) is 0 Å². The minimum atomic E-state index is -0.983. The van der Waals surface area contributed by atoms with Crippen molar-refractivity contribution in [3.63, 3.8) is 0 Å². The first-order valence-electron chi connectivity index (χ1n) is 4.42. The SMILES string of the molecule is Cn1c(C=O)cc2c(C(=O)O)cccc21. The van der Waals surface area contributed by atoms with E-state index in [0.29, 0.717) is 17.4 Å². The minimum absolute atomic E-state index is 0.219. The molecule has 2 rings (SSSR count). The second kappa shape index (κ2) is 3.24. The molecule has 2 aromatic rings. The zero-order valence-electron chi connectivity index (χ0n) is 8.10. The predicted molar refractivity (Wildman–Crippen MR) is 55.3 cm³/mol. The Bertz CT molecular complexity index is 554. The third kappa shape index (κ3) is 1.30. The van der Waals surface area contributed by atoms with E-state index in [1.165, 1.54) is 6.07 Å². The van der Waals surface area contributed by atoms with Crippen LogP contribution >= 0.6 is 0 Å².